The first-order valence-electron chi connectivity index (χ1n) is 6.12. The van der Waals surface area contributed by atoms with E-state index in [4.69, 9.17) is 10.5 Å². The van der Waals surface area contributed by atoms with Gasteiger partial charge in [-0.3, -0.25) is 0 Å². The molecule has 1 aliphatic carbocycles. The molecule has 0 spiro atoms. The molecule has 2 atom stereocenters. The highest BCUT2D eigenvalue weighted by Gasteiger charge is 2.25. The van der Waals surface area contributed by atoms with Gasteiger partial charge in [-0.1, -0.05) is 30.5 Å². The van der Waals surface area contributed by atoms with Gasteiger partial charge < -0.3 is 10.5 Å². The van der Waals surface area contributed by atoms with Gasteiger partial charge >= 0.3 is 0 Å². The molecular formula is C14H21NO. The molecule has 1 aliphatic rings. The third-order valence-electron chi connectivity index (χ3n) is 3.60. The zero-order valence-corrected chi connectivity index (χ0v) is 10.2. The first-order chi connectivity index (χ1) is 7.72. The molecule has 0 saturated heterocycles. The van der Waals surface area contributed by atoms with Crippen molar-refractivity contribution >= 4 is 0 Å². The van der Waals surface area contributed by atoms with Crippen LogP contribution in [0.2, 0.25) is 0 Å². The number of methoxy groups -OCH3 is 1. The van der Waals surface area contributed by atoms with E-state index in [1.54, 1.807) is 7.11 Å². The van der Waals surface area contributed by atoms with Gasteiger partial charge in [0.2, 0.25) is 0 Å². The molecule has 2 N–H and O–H groups in total. The predicted molar refractivity (Wildman–Crippen MR) is 66.9 cm³/mol. The van der Waals surface area contributed by atoms with Crippen molar-refractivity contribution in [3.05, 3.63) is 29.3 Å². The van der Waals surface area contributed by atoms with Crippen LogP contribution >= 0.6 is 0 Å². The van der Waals surface area contributed by atoms with Crippen molar-refractivity contribution in [2.24, 2.45) is 5.73 Å². The molecule has 0 amide bonds. The SMILES string of the molecule is COc1ccc(C)cc1C1CCCCC1N. The van der Waals surface area contributed by atoms with Gasteiger partial charge in [0, 0.05) is 12.0 Å². The molecule has 2 rings (SSSR count). The Hall–Kier alpha value is -1.02. The molecule has 0 heterocycles. The number of benzene rings is 1. The van der Waals surface area contributed by atoms with Crippen molar-refractivity contribution in [1.29, 1.82) is 0 Å². The second-order valence-electron chi connectivity index (χ2n) is 4.80. The summed E-state index contributed by atoms with van der Waals surface area (Å²) in [5.74, 6) is 1.47. The Morgan fingerprint density at radius 2 is 2.00 bits per heavy atom. The van der Waals surface area contributed by atoms with Crippen LogP contribution in [-0.2, 0) is 0 Å². The minimum absolute atomic E-state index is 0.296. The standard InChI is InChI=1S/C14H21NO/c1-10-7-8-14(16-2)12(9-10)11-5-3-4-6-13(11)15/h7-9,11,13H,3-6,15H2,1-2H3. The van der Waals surface area contributed by atoms with Crippen LogP contribution in [0.4, 0.5) is 0 Å². The summed E-state index contributed by atoms with van der Waals surface area (Å²) in [5, 5.41) is 0. The topological polar surface area (TPSA) is 35.2 Å². The van der Waals surface area contributed by atoms with Crippen LogP contribution in [0.5, 0.6) is 5.75 Å². The van der Waals surface area contributed by atoms with Gasteiger partial charge in [0.15, 0.2) is 0 Å². The molecule has 0 aromatic heterocycles. The van der Waals surface area contributed by atoms with Crippen LogP contribution in [0.1, 0.15) is 42.7 Å². The molecule has 1 aromatic rings. The first-order valence-corrected chi connectivity index (χ1v) is 6.12. The number of ether oxygens (including phenoxy) is 1. The van der Waals surface area contributed by atoms with E-state index in [0.29, 0.717) is 12.0 Å². The molecule has 1 fully saturated rings. The monoisotopic (exact) mass is 219 g/mol. The fourth-order valence-electron chi connectivity index (χ4n) is 2.69. The van der Waals surface area contributed by atoms with Crippen LogP contribution in [0.25, 0.3) is 0 Å². The highest BCUT2D eigenvalue weighted by Crippen LogP contribution is 2.37. The average molecular weight is 219 g/mol. The summed E-state index contributed by atoms with van der Waals surface area (Å²) in [7, 11) is 1.74. The van der Waals surface area contributed by atoms with Crippen LogP contribution in [0.15, 0.2) is 18.2 Å². The third-order valence-corrected chi connectivity index (χ3v) is 3.60. The quantitative estimate of drug-likeness (QED) is 0.830. The Bertz CT molecular complexity index is 362. The second-order valence-corrected chi connectivity index (χ2v) is 4.80. The van der Waals surface area contributed by atoms with Gasteiger partial charge in [-0.25, -0.2) is 0 Å². The molecule has 0 radical (unpaired) electrons. The summed E-state index contributed by atoms with van der Waals surface area (Å²) in [5.41, 5.74) is 8.82. The molecule has 0 bridgehead atoms. The maximum absolute atomic E-state index is 6.23. The van der Waals surface area contributed by atoms with Crippen molar-refractivity contribution in [3.8, 4) is 5.75 Å². The molecule has 2 heteroatoms. The van der Waals surface area contributed by atoms with Gasteiger partial charge in [-0.15, -0.1) is 0 Å². The van der Waals surface area contributed by atoms with Crippen molar-refractivity contribution in [2.45, 2.75) is 44.6 Å². The van der Waals surface area contributed by atoms with E-state index in [2.05, 4.69) is 25.1 Å². The van der Waals surface area contributed by atoms with Crippen molar-refractivity contribution in [3.63, 3.8) is 0 Å². The molecule has 2 unspecified atom stereocenters. The Balaban J connectivity index is 2.33. The lowest BCUT2D eigenvalue weighted by Gasteiger charge is -2.30. The Morgan fingerprint density at radius 3 is 2.69 bits per heavy atom. The molecule has 1 saturated carbocycles. The molecule has 0 aliphatic heterocycles. The smallest absolute Gasteiger partial charge is 0.122 e. The van der Waals surface area contributed by atoms with E-state index in [1.807, 2.05) is 0 Å². The number of aryl methyl sites for hydroxylation is 1. The van der Waals surface area contributed by atoms with E-state index in [9.17, 15) is 0 Å². The molecular weight excluding hydrogens is 198 g/mol. The molecule has 16 heavy (non-hydrogen) atoms. The normalized spacial score (nSPS) is 25.4. The number of hydrogen-bond acceptors (Lipinski definition) is 2. The first kappa shape index (κ1) is 11.5. The number of hydrogen-bond donors (Lipinski definition) is 1. The average Bonchev–Trinajstić information content (AvgIpc) is 2.29. The zero-order chi connectivity index (χ0) is 11.5. The lowest BCUT2D eigenvalue weighted by atomic mass is 9.80. The largest absolute Gasteiger partial charge is 0.496 e. The third kappa shape index (κ3) is 2.22. The summed E-state index contributed by atoms with van der Waals surface area (Å²) in [6.07, 6.45) is 4.89. The van der Waals surface area contributed by atoms with E-state index in [0.717, 1.165) is 12.2 Å². The lowest BCUT2D eigenvalue weighted by molar-refractivity contribution is 0.360. The Labute approximate surface area is 97.8 Å². The summed E-state index contributed by atoms with van der Waals surface area (Å²) < 4.78 is 5.45. The van der Waals surface area contributed by atoms with E-state index >= 15 is 0 Å². The van der Waals surface area contributed by atoms with Crippen LogP contribution in [0, 0.1) is 6.92 Å². The van der Waals surface area contributed by atoms with Crippen molar-refractivity contribution < 1.29 is 4.74 Å². The molecule has 2 nitrogen and oxygen atoms in total. The van der Waals surface area contributed by atoms with Gasteiger partial charge in [0.05, 0.1) is 7.11 Å². The van der Waals surface area contributed by atoms with Crippen molar-refractivity contribution in [1.82, 2.24) is 0 Å². The number of rotatable bonds is 2. The van der Waals surface area contributed by atoms with Crippen LogP contribution < -0.4 is 10.5 Å². The highest BCUT2D eigenvalue weighted by molar-refractivity contribution is 5.40. The van der Waals surface area contributed by atoms with E-state index < -0.39 is 0 Å². The van der Waals surface area contributed by atoms with Gasteiger partial charge in [0.25, 0.3) is 0 Å². The summed E-state index contributed by atoms with van der Waals surface area (Å²) >= 11 is 0. The van der Waals surface area contributed by atoms with E-state index in [1.165, 1.54) is 30.4 Å². The fraction of sp³-hybridized carbons (Fsp3) is 0.571. The minimum Gasteiger partial charge on any atom is -0.496 e. The highest BCUT2D eigenvalue weighted by atomic mass is 16.5. The summed E-state index contributed by atoms with van der Waals surface area (Å²) in [4.78, 5) is 0. The second kappa shape index (κ2) is 4.88. The predicted octanol–water partition coefficient (Wildman–Crippen LogP) is 2.99. The van der Waals surface area contributed by atoms with Crippen LogP contribution in [0.3, 0.4) is 0 Å². The maximum atomic E-state index is 6.23. The summed E-state index contributed by atoms with van der Waals surface area (Å²) in [6, 6.07) is 6.68. The summed E-state index contributed by atoms with van der Waals surface area (Å²) in [6.45, 7) is 2.12. The maximum Gasteiger partial charge on any atom is 0.122 e. The van der Waals surface area contributed by atoms with Crippen LogP contribution in [-0.4, -0.2) is 13.2 Å². The van der Waals surface area contributed by atoms with E-state index in [-0.39, 0.29) is 0 Å². The van der Waals surface area contributed by atoms with Gasteiger partial charge in [-0.05, 0) is 31.4 Å². The fourth-order valence-corrected chi connectivity index (χ4v) is 2.69. The Kier molecular flexibility index (Phi) is 3.49. The molecule has 88 valence electrons. The zero-order valence-electron chi connectivity index (χ0n) is 10.2. The lowest BCUT2D eigenvalue weighted by Crippen LogP contribution is -2.31. The number of nitrogens with two attached hydrogens (primary N) is 1. The van der Waals surface area contributed by atoms with Gasteiger partial charge in [0.1, 0.15) is 5.75 Å². The van der Waals surface area contributed by atoms with Gasteiger partial charge in [-0.2, -0.15) is 0 Å². The van der Waals surface area contributed by atoms with Crippen molar-refractivity contribution in [2.75, 3.05) is 7.11 Å². The molecule has 1 aromatic carbocycles. The minimum atomic E-state index is 0.296. The Morgan fingerprint density at radius 1 is 1.25 bits per heavy atom.